The third kappa shape index (κ3) is 3.29. The monoisotopic (exact) mass is 365 g/mol. The first-order valence-corrected chi connectivity index (χ1v) is 6.97. The van der Waals surface area contributed by atoms with E-state index in [9.17, 15) is 0 Å². The van der Waals surface area contributed by atoms with Gasteiger partial charge < -0.3 is 15.4 Å². The van der Waals surface area contributed by atoms with Crippen molar-refractivity contribution in [3.05, 3.63) is 0 Å². The number of morpholine rings is 1. The van der Waals surface area contributed by atoms with Crippen molar-refractivity contribution in [2.45, 2.75) is 25.7 Å². The Hall–Kier alpha value is -0.0400. The predicted molar refractivity (Wildman–Crippen MR) is 83.2 cm³/mol. The van der Waals surface area contributed by atoms with E-state index in [0.717, 1.165) is 56.6 Å². The summed E-state index contributed by atoms with van der Waals surface area (Å²) in [7, 11) is 0. The van der Waals surface area contributed by atoms with Crippen molar-refractivity contribution in [2.24, 2.45) is 28.5 Å². The maximum Gasteiger partial charge on any atom is 0.191 e. The fraction of sp³-hybridized carbons (Fsp3) is 0.923. The molecule has 2 aliphatic carbocycles. The molecule has 1 aliphatic heterocycles. The molecule has 0 bridgehead atoms. The van der Waals surface area contributed by atoms with E-state index >= 15 is 0 Å². The van der Waals surface area contributed by atoms with Crippen LogP contribution in [0.25, 0.3) is 0 Å². The van der Waals surface area contributed by atoms with Gasteiger partial charge in [0.15, 0.2) is 5.96 Å². The van der Waals surface area contributed by atoms with Gasteiger partial charge in [-0.2, -0.15) is 0 Å². The summed E-state index contributed by atoms with van der Waals surface area (Å²) in [6.07, 6.45) is 5.77. The Balaban J connectivity index is 0.00000120. The Morgan fingerprint density at radius 2 is 2.00 bits per heavy atom. The molecule has 5 heteroatoms. The fourth-order valence-electron chi connectivity index (χ4n) is 3.03. The van der Waals surface area contributed by atoms with Crippen molar-refractivity contribution >= 4 is 29.9 Å². The Bertz CT molecular complexity index is 301. The van der Waals surface area contributed by atoms with E-state index in [1.54, 1.807) is 0 Å². The fourth-order valence-corrected chi connectivity index (χ4v) is 3.03. The maximum atomic E-state index is 6.01. The van der Waals surface area contributed by atoms with Crippen LogP contribution in [0.5, 0.6) is 0 Å². The van der Waals surface area contributed by atoms with Crippen LogP contribution in [0.1, 0.15) is 25.7 Å². The van der Waals surface area contributed by atoms with Gasteiger partial charge in [0.1, 0.15) is 0 Å². The molecule has 2 saturated carbocycles. The highest BCUT2D eigenvalue weighted by Crippen LogP contribution is 2.51. The molecule has 0 aromatic carbocycles. The number of ether oxygens (including phenoxy) is 1. The molecule has 2 atom stereocenters. The van der Waals surface area contributed by atoms with Crippen molar-refractivity contribution in [3.63, 3.8) is 0 Å². The van der Waals surface area contributed by atoms with Gasteiger partial charge in [0, 0.05) is 19.6 Å². The van der Waals surface area contributed by atoms with E-state index in [1.165, 1.54) is 25.7 Å². The largest absolute Gasteiger partial charge is 0.378 e. The van der Waals surface area contributed by atoms with Crippen LogP contribution in [0.3, 0.4) is 0 Å². The van der Waals surface area contributed by atoms with Crippen molar-refractivity contribution in [1.82, 2.24) is 4.90 Å². The Kier molecular flexibility index (Phi) is 5.12. The zero-order valence-corrected chi connectivity index (χ0v) is 13.2. The molecular formula is C13H24IN3O. The molecule has 3 fully saturated rings. The molecule has 4 nitrogen and oxygen atoms in total. The molecule has 0 spiro atoms. The minimum Gasteiger partial charge on any atom is -0.378 e. The normalized spacial score (nSPS) is 32.7. The first-order valence-electron chi connectivity index (χ1n) is 6.97. The number of nitrogens with two attached hydrogens (primary N) is 1. The van der Waals surface area contributed by atoms with Crippen LogP contribution in [-0.4, -0.2) is 43.7 Å². The quantitative estimate of drug-likeness (QED) is 0.471. The van der Waals surface area contributed by atoms with Crippen molar-refractivity contribution in [2.75, 3.05) is 32.8 Å². The van der Waals surface area contributed by atoms with Crippen molar-refractivity contribution in [1.29, 1.82) is 0 Å². The lowest BCUT2D eigenvalue weighted by Crippen LogP contribution is -2.44. The molecule has 2 N–H and O–H groups in total. The lowest BCUT2D eigenvalue weighted by molar-refractivity contribution is 0.0674. The Labute approximate surface area is 126 Å². The molecule has 0 amide bonds. The second-order valence-electron chi connectivity index (χ2n) is 5.65. The van der Waals surface area contributed by atoms with E-state index in [0.29, 0.717) is 0 Å². The van der Waals surface area contributed by atoms with Crippen LogP contribution in [0.2, 0.25) is 0 Å². The Morgan fingerprint density at radius 3 is 2.61 bits per heavy atom. The molecular weight excluding hydrogens is 341 g/mol. The highest BCUT2D eigenvalue weighted by Gasteiger charge is 2.44. The molecule has 1 saturated heterocycles. The summed E-state index contributed by atoms with van der Waals surface area (Å²) in [6.45, 7) is 4.30. The summed E-state index contributed by atoms with van der Waals surface area (Å²) >= 11 is 0. The minimum atomic E-state index is 0. The van der Waals surface area contributed by atoms with Crippen LogP contribution in [-0.2, 0) is 4.74 Å². The lowest BCUT2D eigenvalue weighted by atomic mass is 9.81. The van der Waals surface area contributed by atoms with Gasteiger partial charge in [0.05, 0.1) is 13.2 Å². The van der Waals surface area contributed by atoms with Crippen LogP contribution >= 0.6 is 24.0 Å². The van der Waals surface area contributed by atoms with Crippen LogP contribution in [0.4, 0.5) is 0 Å². The van der Waals surface area contributed by atoms with Gasteiger partial charge in [-0.15, -0.1) is 24.0 Å². The first-order chi connectivity index (χ1) is 8.34. The number of halogens is 1. The average Bonchev–Trinajstić information content (AvgIpc) is 3.04. The van der Waals surface area contributed by atoms with Crippen LogP contribution < -0.4 is 5.73 Å². The summed E-state index contributed by atoms with van der Waals surface area (Å²) in [5.74, 6) is 3.57. The van der Waals surface area contributed by atoms with Gasteiger partial charge in [-0.1, -0.05) is 19.3 Å². The van der Waals surface area contributed by atoms with Gasteiger partial charge in [-0.05, 0) is 24.2 Å². The van der Waals surface area contributed by atoms with E-state index in [2.05, 4.69) is 9.89 Å². The molecule has 18 heavy (non-hydrogen) atoms. The highest BCUT2D eigenvalue weighted by atomic mass is 127. The third-order valence-electron chi connectivity index (χ3n) is 4.56. The van der Waals surface area contributed by atoms with E-state index in [1.807, 2.05) is 0 Å². The molecule has 0 aromatic rings. The molecule has 0 radical (unpaired) electrons. The maximum absolute atomic E-state index is 6.01. The van der Waals surface area contributed by atoms with E-state index < -0.39 is 0 Å². The van der Waals surface area contributed by atoms with Crippen molar-refractivity contribution in [3.8, 4) is 0 Å². The molecule has 3 rings (SSSR count). The topological polar surface area (TPSA) is 50.8 Å². The summed E-state index contributed by atoms with van der Waals surface area (Å²) < 4.78 is 5.31. The highest BCUT2D eigenvalue weighted by molar-refractivity contribution is 14.0. The number of hydrogen-bond donors (Lipinski definition) is 1. The van der Waals surface area contributed by atoms with E-state index in [4.69, 9.17) is 10.5 Å². The smallest absolute Gasteiger partial charge is 0.191 e. The second-order valence-corrected chi connectivity index (χ2v) is 5.65. The summed E-state index contributed by atoms with van der Waals surface area (Å²) in [5, 5.41) is 0. The van der Waals surface area contributed by atoms with Crippen molar-refractivity contribution < 1.29 is 4.74 Å². The molecule has 0 unspecified atom stereocenters. The number of nitrogens with zero attached hydrogens (tertiary/aromatic N) is 2. The zero-order chi connectivity index (χ0) is 11.7. The number of aliphatic imine (C=N–C) groups is 1. The molecule has 1 heterocycles. The zero-order valence-electron chi connectivity index (χ0n) is 10.9. The molecule has 0 aromatic heterocycles. The predicted octanol–water partition coefficient (Wildman–Crippen LogP) is 1.69. The standard InChI is InChI=1S/C13H23N3O.HI/c14-13(16-4-6-17-7-5-16)15-9-11-8-12(11)10-2-1-3-10;/h10-12H,1-9H2,(H2,14,15);1H/t11-,12-;/m0./s1. The molecule has 3 aliphatic rings. The van der Waals surface area contributed by atoms with Crippen LogP contribution in [0.15, 0.2) is 4.99 Å². The van der Waals surface area contributed by atoms with E-state index in [-0.39, 0.29) is 24.0 Å². The van der Waals surface area contributed by atoms with Gasteiger partial charge in [-0.25, -0.2) is 0 Å². The summed E-state index contributed by atoms with van der Waals surface area (Å²) in [4.78, 5) is 6.71. The number of rotatable bonds is 3. The third-order valence-corrected chi connectivity index (χ3v) is 4.56. The van der Waals surface area contributed by atoms with Gasteiger partial charge >= 0.3 is 0 Å². The SMILES string of the molecule is I.NC(=NC[C@@H]1C[C@H]1C1CCC1)N1CCOCC1. The average molecular weight is 365 g/mol. The minimum absolute atomic E-state index is 0. The Morgan fingerprint density at radius 1 is 1.28 bits per heavy atom. The molecule has 104 valence electrons. The number of hydrogen-bond acceptors (Lipinski definition) is 2. The lowest BCUT2D eigenvalue weighted by Gasteiger charge is -2.27. The second kappa shape index (κ2) is 6.41. The first kappa shape index (κ1) is 14.4. The van der Waals surface area contributed by atoms with Crippen LogP contribution in [0, 0.1) is 17.8 Å². The number of guanidine groups is 1. The van der Waals surface area contributed by atoms with Gasteiger partial charge in [0.2, 0.25) is 0 Å². The van der Waals surface area contributed by atoms with Gasteiger partial charge in [-0.3, -0.25) is 4.99 Å². The summed E-state index contributed by atoms with van der Waals surface area (Å²) in [5.41, 5.74) is 6.01. The van der Waals surface area contributed by atoms with Gasteiger partial charge in [0.25, 0.3) is 0 Å². The summed E-state index contributed by atoms with van der Waals surface area (Å²) in [6, 6.07) is 0.